The topological polar surface area (TPSA) is 67.8 Å². The predicted molar refractivity (Wildman–Crippen MR) is 37.0 cm³/mol. The number of aliphatic carboxylic acids is 1. The molecule has 0 aliphatic carbocycles. The number of halogens is 2. The Labute approximate surface area is 72.8 Å². The number of carbonyl (C=O) groups is 1. The second kappa shape index (κ2) is 3.49. The van der Waals surface area contributed by atoms with Gasteiger partial charge in [-0.15, -0.1) is 0 Å². The van der Waals surface area contributed by atoms with Crippen molar-refractivity contribution in [3.63, 3.8) is 0 Å². The number of hydrogen-bond donors (Lipinski definition) is 1. The first-order chi connectivity index (χ1) is 6.04. The monoisotopic (exact) mass is 187 g/mol. The van der Waals surface area contributed by atoms with E-state index in [-0.39, 0.29) is 5.56 Å². The maximum absolute atomic E-state index is 12.9. The lowest BCUT2D eigenvalue weighted by Gasteiger charge is -2.10. The molecular formula is C8H7F2NO2. The zero-order valence-corrected chi connectivity index (χ0v) is 6.59. The zero-order valence-electron chi connectivity index (χ0n) is 6.59. The van der Waals surface area contributed by atoms with Crippen molar-refractivity contribution in [2.24, 2.45) is 0 Å². The maximum atomic E-state index is 12.9. The van der Waals surface area contributed by atoms with Crippen LogP contribution in [0.2, 0.25) is 0 Å². The van der Waals surface area contributed by atoms with Crippen LogP contribution in [-0.2, 0) is 4.79 Å². The summed E-state index contributed by atoms with van der Waals surface area (Å²) in [6.45, 7) is 0. The van der Waals surface area contributed by atoms with Crippen molar-refractivity contribution in [3.05, 3.63) is 35.4 Å². The van der Waals surface area contributed by atoms with E-state index in [1.807, 2.05) is 0 Å². The largest absolute Gasteiger partial charge is 0.544 e. The Morgan fingerprint density at radius 3 is 2.62 bits per heavy atom. The number of quaternary nitrogens is 1. The number of benzene rings is 1. The molecule has 0 aliphatic rings. The fourth-order valence-corrected chi connectivity index (χ4v) is 0.917. The second-order valence-corrected chi connectivity index (χ2v) is 2.51. The van der Waals surface area contributed by atoms with E-state index in [1.165, 1.54) is 6.07 Å². The molecule has 0 amide bonds. The molecule has 0 spiro atoms. The third-order valence-corrected chi connectivity index (χ3v) is 1.64. The Morgan fingerprint density at radius 1 is 1.46 bits per heavy atom. The number of rotatable bonds is 2. The Hall–Kier alpha value is -1.49. The van der Waals surface area contributed by atoms with Gasteiger partial charge in [0.05, 0.1) is 5.56 Å². The smallest absolute Gasteiger partial charge is 0.168 e. The molecule has 1 aromatic rings. The summed E-state index contributed by atoms with van der Waals surface area (Å²) in [7, 11) is 0. The van der Waals surface area contributed by atoms with E-state index in [9.17, 15) is 18.7 Å². The van der Waals surface area contributed by atoms with Gasteiger partial charge in [-0.2, -0.15) is 0 Å². The summed E-state index contributed by atoms with van der Waals surface area (Å²) in [5.74, 6) is -3.82. The zero-order chi connectivity index (χ0) is 10.0. The van der Waals surface area contributed by atoms with Crippen LogP contribution in [0.25, 0.3) is 0 Å². The second-order valence-electron chi connectivity index (χ2n) is 2.51. The Morgan fingerprint density at radius 2 is 2.08 bits per heavy atom. The lowest BCUT2D eigenvalue weighted by Crippen LogP contribution is -2.61. The first kappa shape index (κ1) is 9.60. The van der Waals surface area contributed by atoms with Crippen molar-refractivity contribution < 1.29 is 24.4 Å². The van der Waals surface area contributed by atoms with Crippen LogP contribution in [0.5, 0.6) is 0 Å². The van der Waals surface area contributed by atoms with Gasteiger partial charge in [-0.05, 0) is 12.1 Å². The molecule has 3 nitrogen and oxygen atoms in total. The van der Waals surface area contributed by atoms with Crippen molar-refractivity contribution >= 4 is 5.97 Å². The molecule has 3 N–H and O–H groups in total. The van der Waals surface area contributed by atoms with Gasteiger partial charge in [-0.25, -0.2) is 8.78 Å². The molecular weight excluding hydrogens is 180 g/mol. The number of carboxylic acids is 1. The Bertz CT molecular complexity index is 341. The van der Waals surface area contributed by atoms with Gasteiger partial charge in [0.2, 0.25) is 0 Å². The molecule has 1 aromatic carbocycles. The highest BCUT2D eigenvalue weighted by molar-refractivity contribution is 5.71. The Balaban J connectivity index is 3.15. The lowest BCUT2D eigenvalue weighted by atomic mass is 10.1. The van der Waals surface area contributed by atoms with Crippen LogP contribution in [0.4, 0.5) is 8.78 Å². The van der Waals surface area contributed by atoms with Crippen LogP contribution in [-0.4, -0.2) is 5.97 Å². The van der Waals surface area contributed by atoms with Gasteiger partial charge in [0, 0.05) is 0 Å². The molecule has 0 bridgehead atoms. The van der Waals surface area contributed by atoms with E-state index in [1.54, 1.807) is 0 Å². The molecule has 0 aliphatic heterocycles. The summed E-state index contributed by atoms with van der Waals surface area (Å²) in [5.41, 5.74) is 2.84. The molecule has 0 radical (unpaired) electrons. The minimum absolute atomic E-state index is 0.306. The fourth-order valence-electron chi connectivity index (χ4n) is 0.917. The number of hydrogen-bond acceptors (Lipinski definition) is 2. The van der Waals surface area contributed by atoms with Gasteiger partial charge in [0.25, 0.3) is 0 Å². The highest BCUT2D eigenvalue weighted by atomic mass is 19.2. The summed E-state index contributed by atoms with van der Waals surface area (Å²) in [6.07, 6.45) is 0. The normalized spacial score (nSPS) is 12.5. The molecule has 0 fully saturated rings. The first-order valence-corrected chi connectivity index (χ1v) is 3.52. The first-order valence-electron chi connectivity index (χ1n) is 3.52. The predicted octanol–water partition coefficient (Wildman–Crippen LogP) is -1.00. The molecule has 0 saturated heterocycles. The van der Waals surface area contributed by atoms with Gasteiger partial charge < -0.3 is 15.6 Å². The van der Waals surface area contributed by atoms with Crippen molar-refractivity contribution in [1.29, 1.82) is 0 Å². The average Bonchev–Trinajstić information content (AvgIpc) is 2.08. The SMILES string of the molecule is [NH3+][C@H](C(=O)[O-])c1cccc(F)c1F. The fraction of sp³-hybridized carbons (Fsp3) is 0.125. The standard InChI is InChI=1S/C8H7F2NO2/c9-5-3-1-2-4(6(5)10)7(11)8(12)13/h1-3,7H,11H2,(H,12,13)/t7-/m0/s1. The van der Waals surface area contributed by atoms with Crippen LogP contribution >= 0.6 is 0 Å². The summed E-state index contributed by atoms with van der Waals surface area (Å²) >= 11 is 0. The molecule has 0 heterocycles. The molecule has 0 aromatic heterocycles. The minimum atomic E-state index is -1.54. The van der Waals surface area contributed by atoms with E-state index >= 15 is 0 Å². The van der Waals surface area contributed by atoms with Gasteiger partial charge in [0.1, 0.15) is 5.97 Å². The summed E-state index contributed by atoms with van der Waals surface area (Å²) in [6, 6.07) is 1.89. The lowest BCUT2D eigenvalue weighted by molar-refractivity contribution is -0.443. The van der Waals surface area contributed by atoms with Gasteiger partial charge >= 0.3 is 0 Å². The molecule has 1 atom stereocenters. The summed E-state index contributed by atoms with van der Waals surface area (Å²) in [4.78, 5) is 10.3. The van der Waals surface area contributed by atoms with Crippen LogP contribution < -0.4 is 10.8 Å². The third kappa shape index (κ3) is 1.81. The average molecular weight is 187 g/mol. The van der Waals surface area contributed by atoms with Crippen LogP contribution in [0.3, 0.4) is 0 Å². The Kier molecular flexibility index (Phi) is 2.57. The van der Waals surface area contributed by atoms with Crippen LogP contribution in [0.15, 0.2) is 18.2 Å². The molecule has 13 heavy (non-hydrogen) atoms. The maximum Gasteiger partial charge on any atom is 0.168 e. The number of carbonyl (C=O) groups excluding carboxylic acids is 1. The highest BCUT2D eigenvalue weighted by Crippen LogP contribution is 2.15. The summed E-state index contributed by atoms with van der Waals surface area (Å²) in [5, 5.41) is 10.3. The van der Waals surface area contributed by atoms with E-state index in [0.29, 0.717) is 0 Å². The van der Waals surface area contributed by atoms with Gasteiger partial charge in [0.15, 0.2) is 17.7 Å². The van der Waals surface area contributed by atoms with Crippen molar-refractivity contribution in [2.45, 2.75) is 6.04 Å². The third-order valence-electron chi connectivity index (χ3n) is 1.64. The molecule has 0 unspecified atom stereocenters. The molecule has 0 saturated carbocycles. The van der Waals surface area contributed by atoms with Crippen molar-refractivity contribution in [1.82, 2.24) is 0 Å². The van der Waals surface area contributed by atoms with Gasteiger partial charge in [-0.3, -0.25) is 0 Å². The minimum Gasteiger partial charge on any atom is -0.544 e. The van der Waals surface area contributed by atoms with E-state index < -0.39 is 23.6 Å². The van der Waals surface area contributed by atoms with Crippen LogP contribution in [0, 0.1) is 11.6 Å². The van der Waals surface area contributed by atoms with E-state index in [0.717, 1.165) is 12.1 Å². The quantitative estimate of drug-likeness (QED) is 0.645. The van der Waals surface area contributed by atoms with Gasteiger partial charge in [-0.1, -0.05) is 6.07 Å². The van der Waals surface area contributed by atoms with Crippen molar-refractivity contribution in [3.8, 4) is 0 Å². The summed E-state index contributed by atoms with van der Waals surface area (Å²) < 4.78 is 25.5. The van der Waals surface area contributed by atoms with Crippen LogP contribution in [0.1, 0.15) is 11.6 Å². The molecule has 1 rings (SSSR count). The highest BCUT2D eigenvalue weighted by Gasteiger charge is 2.17. The molecule has 5 heteroatoms. The molecule has 70 valence electrons. The van der Waals surface area contributed by atoms with E-state index in [4.69, 9.17) is 0 Å². The van der Waals surface area contributed by atoms with Crippen molar-refractivity contribution in [2.75, 3.05) is 0 Å². The number of carboxylic acid groups (broad SMARTS) is 1. The van der Waals surface area contributed by atoms with E-state index in [2.05, 4.69) is 5.73 Å².